The molecule has 0 spiro atoms. The van der Waals surface area contributed by atoms with E-state index in [1.807, 2.05) is 6.92 Å². The molecule has 17 heavy (non-hydrogen) atoms. The average molecular weight is 250 g/mol. The second kappa shape index (κ2) is 6.40. The van der Waals surface area contributed by atoms with E-state index in [4.69, 9.17) is 5.73 Å². The number of alkyl halides is 3. The van der Waals surface area contributed by atoms with Crippen LogP contribution < -0.4 is 5.73 Å². The van der Waals surface area contributed by atoms with Gasteiger partial charge in [0, 0.05) is 24.7 Å². The Labute approximate surface area is 101 Å². The van der Waals surface area contributed by atoms with Crippen LogP contribution in [0.2, 0.25) is 0 Å². The summed E-state index contributed by atoms with van der Waals surface area (Å²) in [6.07, 6.45) is 0.338. The third kappa shape index (κ3) is 5.55. The molecule has 0 radical (unpaired) electrons. The summed E-state index contributed by atoms with van der Waals surface area (Å²) in [7, 11) is 0. The summed E-state index contributed by atoms with van der Waals surface area (Å²) in [5.41, 5.74) is 5.26. The van der Waals surface area contributed by atoms with E-state index in [9.17, 15) is 13.2 Å². The first-order chi connectivity index (χ1) is 7.89. The zero-order valence-electron chi connectivity index (χ0n) is 10.3. The lowest BCUT2D eigenvalue weighted by atomic mass is 10.1. The minimum absolute atomic E-state index is 0.122. The first-order valence-electron chi connectivity index (χ1n) is 6.14. The maximum absolute atomic E-state index is 12.4. The molecule has 1 heterocycles. The van der Waals surface area contributed by atoms with Gasteiger partial charge in [-0.25, -0.2) is 0 Å². The van der Waals surface area contributed by atoms with Gasteiger partial charge in [-0.05, 0) is 32.7 Å². The van der Waals surface area contributed by atoms with Crippen LogP contribution in [-0.4, -0.2) is 36.8 Å². The van der Waals surface area contributed by atoms with Crippen LogP contribution >= 0.6 is 0 Å². The van der Waals surface area contributed by atoms with Crippen molar-refractivity contribution in [2.45, 2.75) is 44.8 Å². The van der Waals surface area contributed by atoms with Crippen molar-refractivity contribution in [3.8, 4) is 0 Å². The highest BCUT2D eigenvalue weighted by Gasteiger charge is 2.34. The summed E-state index contributed by atoms with van der Waals surface area (Å²) in [5.74, 6) is 0. The van der Waals surface area contributed by atoms with Gasteiger partial charge in [-0.3, -0.25) is 4.90 Å². The first-order valence-corrected chi connectivity index (χ1v) is 6.14. The fourth-order valence-electron chi connectivity index (χ4n) is 1.97. The van der Waals surface area contributed by atoms with Crippen molar-refractivity contribution in [1.82, 2.24) is 4.90 Å². The summed E-state index contributed by atoms with van der Waals surface area (Å²) >= 11 is 0. The Morgan fingerprint density at radius 3 is 2.59 bits per heavy atom. The van der Waals surface area contributed by atoms with E-state index < -0.39 is 6.18 Å². The highest BCUT2D eigenvalue weighted by molar-refractivity contribution is 5.12. The predicted octanol–water partition coefficient (Wildman–Crippen LogP) is 2.70. The Morgan fingerprint density at radius 1 is 1.41 bits per heavy atom. The van der Waals surface area contributed by atoms with E-state index in [0.29, 0.717) is 13.1 Å². The van der Waals surface area contributed by atoms with Crippen LogP contribution in [0.15, 0.2) is 11.6 Å². The molecule has 1 rings (SSSR count). The maximum atomic E-state index is 12.4. The van der Waals surface area contributed by atoms with Crippen LogP contribution in [0, 0.1) is 0 Å². The lowest BCUT2D eigenvalue weighted by molar-refractivity contribution is -0.0960. The molecule has 0 bridgehead atoms. The zero-order valence-corrected chi connectivity index (χ0v) is 10.3. The SMILES string of the molecule is CC(N)CCCCN1CC=C(C(F)(F)F)CC1. The van der Waals surface area contributed by atoms with Gasteiger partial charge < -0.3 is 5.73 Å². The van der Waals surface area contributed by atoms with E-state index in [0.717, 1.165) is 25.8 Å². The van der Waals surface area contributed by atoms with Crippen molar-refractivity contribution in [2.75, 3.05) is 19.6 Å². The number of rotatable bonds is 5. The van der Waals surface area contributed by atoms with E-state index >= 15 is 0 Å². The second-order valence-electron chi connectivity index (χ2n) is 4.75. The van der Waals surface area contributed by atoms with E-state index in [1.54, 1.807) is 0 Å². The third-order valence-electron chi connectivity index (χ3n) is 3.04. The molecule has 2 N–H and O–H groups in total. The molecule has 0 saturated carbocycles. The normalized spacial score (nSPS) is 20.2. The van der Waals surface area contributed by atoms with Crippen LogP contribution in [0.4, 0.5) is 13.2 Å². The zero-order chi connectivity index (χ0) is 12.9. The Kier molecular flexibility index (Phi) is 5.46. The molecule has 0 aliphatic carbocycles. The Bertz CT molecular complexity index is 259. The molecule has 0 aromatic rings. The molecule has 0 fully saturated rings. The predicted molar refractivity (Wildman–Crippen MR) is 62.7 cm³/mol. The highest BCUT2D eigenvalue weighted by atomic mass is 19.4. The van der Waals surface area contributed by atoms with Crippen molar-refractivity contribution in [1.29, 1.82) is 0 Å². The molecule has 1 aliphatic heterocycles. The van der Waals surface area contributed by atoms with E-state index in [-0.39, 0.29) is 18.0 Å². The molecule has 1 unspecified atom stereocenters. The monoisotopic (exact) mass is 250 g/mol. The van der Waals surface area contributed by atoms with Crippen molar-refractivity contribution < 1.29 is 13.2 Å². The molecule has 1 atom stereocenters. The standard InChI is InChI=1S/C12H21F3N2/c1-10(16)4-2-3-7-17-8-5-11(6-9-17)12(13,14)15/h5,10H,2-4,6-9,16H2,1H3. The van der Waals surface area contributed by atoms with Gasteiger partial charge in [0.25, 0.3) is 0 Å². The van der Waals surface area contributed by atoms with E-state index in [1.165, 1.54) is 6.08 Å². The van der Waals surface area contributed by atoms with Crippen LogP contribution in [0.5, 0.6) is 0 Å². The minimum atomic E-state index is -4.14. The van der Waals surface area contributed by atoms with Gasteiger partial charge in [0.05, 0.1) is 0 Å². The summed E-state index contributed by atoms with van der Waals surface area (Å²) in [6.45, 7) is 3.78. The molecule has 0 amide bonds. The fraction of sp³-hybridized carbons (Fsp3) is 0.833. The van der Waals surface area contributed by atoms with Crippen molar-refractivity contribution in [2.24, 2.45) is 5.73 Å². The Hall–Kier alpha value is -0.550. The van der Waals surface area contributed by atoms with Crippen LogP contribution in [0.25, 0.3) is 0 Å². The molecule has 0 aromatic carbocycles. The maximum Gasteiger partial charge on any atom is 0.412 e. The molecule has 5 heteroatoms. The van der Waals surface area contributed by atoms with Crippen molar-refractivity contribution in [3.05, 3.63) is 11.6 Å². The quantitative estimate of drug-likeness (QED) is 0.600. The molecular weight excluding hydrogens is 229 g/mol. The third-order valence-corrected chi connectivity index (χ3v) is 3.04. The van der Waals surface area contributed by atoms with Crippen LogP contribution in [0.3, 0.4) is 0 Å². The molecule has 2 nitrogen and oxygen atoms in total. The fourth-order valence-corrected chi connectivity index (χ4v) is 1.97. The van der Waals surface area contributed by atoms with Gasteiger partial charge in [0.15, 0.2) is 0 Å². The summed E-state index contributed by atoms with van der Waals surface area (Å²) < 4.78 is 37.1. The van der Waals surface area contributed by atoms with Crippen molar-refractivity contribution in [3.63, 3.8) is 0 Å². The molecule has 0 aromatic heterocycles. The number of hydrogen-bond acceptors (Lipinski definition) is 2. The number of hydrogen-bond donors (Lipinski definition) is 1. The van der Waals surface area contributed by atoms with Gasteiger partial charge in [0.2, 0.25) is 0 Å². The lowest BCUT2D eigenvalue weighted by Crippen LogP contribution is -2.32. The average Bonchev–Trinajstić information content (AvgIpc) is 2.23. The van der Waals surface area contributed by atoms with Gasteiger partial charge in [0.1, 0.15) is 0 Å². The Balaban J connectivity index is 2.21. The molecular formula is C12H21F3N2. The lowest BCUT2D eigenvalue weighted by Gasteiger charge is -2.27. The van der Waals surface area contributed by atoms with Gasteiger partial charge in [-0.1, -0.05) is 12.5 Å². The number of unbranched alkanes of at least 4 members (excludes halogenated alkanes) is 1. The largest absolute Gasteiger partial charge is 0.412 e. The highest BCUT2D eigenvalue weighted by Crippen LogP contribution is 2.30. The summed E-state index contributed by atoms with van der Waals surface area (Å²) in [5, 5.41) is 0. The van der Waals surface area contributed by atoms with E-state index in [2.05, 4.69) is 4.90 Å². The first kappa shape index (κ1) is 14.5. The minimum Gasteiger partial charge on any atom is -0.328 e. The van der Waals surface area contributed by atoms with Crippen molar-refractivity contribution >= 4 is 0 Å². The van der Waals surface area contributed by atoms with Crippen LogP contribution in [0.1, 0.15) is 32.6 Å². The molecule has 100 valence electrons. The number of nitrogens with two attached hydrogens (primary N) is 1. The van der Waals surface area contributed by atoms with Gasteiger partial charge in [-0.2, -0.15) is 13.2 Å². The van der Waals surface area contributed by atoms with Gasteiger partial charge in [-0.15, -0.1) is 0 Å². The summed E-state index contributed by atoms with van der Waals surface area (Å²) in [6, 6.07) is 0.216. The smallest absolute Gasteiger partial charge is 0.328 e. The summed E-state index contributed by atoms with van der Waals surface area (Å²) in [4.78, 5) is 2.07. The number of nitrogens with zero attached hydrogens (tertiary/aromatic N) is 1. The Morgan fingerprint density at radius 2 is 2.12 bits per heavy atom. The topological polar surface area (TPSA) is 29.3 Å². The number of halogens is 3. The van der Waals surface area contributed by atoms with Crippen LogP contribution in [-0.2, 0) is 0 Å². The molecule has 0 saturated heterocycles. The van der Waals surface area contributed by atoms with Gasteiger partial charge >= 0.3 is 6.18 Å². The molecule has 1 aliphatic rings. The second-order valence-corrected chi connectivity index (χ2v) is 4.75.